The van der Waals surface area contributed by atoms with E-state index in [1.165, 1.54) is 0 Å². The third-order valence-corrected chi connectivity index (χ3v) is 3.40. The topological polar surface area (TPSA) is 43.6 Å². The van der Waals surface area contributed by atoms with Crippen molar-refractivity contribution in [2.75, 3.05) is 19.8 Å². The fraction of sp³-hybridized carbons (Fsp3) is 0.500. The predicted octanol–water partition coefficient (Wildman–Crippen LogP) is 4.14. The second-order valence-corrected chi connectivity index (χ2v) is 5.08. The molecule has 1 N–H and O–H groups in total. The summed E-state index contributed by atoms with van der Waals surface area (Å²) in [6.45, 7) is 7.90. The fourth-order valence-electron chi connectivity index (χ4n) is 2.31. The summed E-state index contributed by atoms with van der Waals surface area (Å²) in [4.78, 5) is 0. The number of benzene rings is 1. The minimum absolute atomic E-state index is 0.152. The van der Waals surface area contributed by atoms with Crippen molar-refractivity contribution in [2.24, 2.45) is 0 Å². The smallest absolute Gasteiger partial charge is 0.179 e. The van der Waals surface area contributed by atoms with Gasteiger partial charge in [-0.2, -0.15) is 0 Å². The van der Waals surface area contributed by atoms with Crippen molar-refractivity contribution in [3.63, 3.8) is 0 Å². The van der Waals surface area contributed by atoms with Crippen LogP contribution in [0.1, 0.15) is 32.6 Å². The van der Waals surface area contributed by atoms with Crippen LogP contribution in [-0.2, 0) is 9.47 Å². The number of halogens is 1. The number of hydrogen-bond acceptors (Lipinski definition) is 4. The van der Waals surface area contributed by atoms with E-state index >= 15 is 0 Å². The molecule has 1 aromatic carbocycles. The van der Waals surface area contributed by atoms with Crippen LogP contribution in [0, 0.1) is 0 Å². The maximum Gasteiger partial charge on any atom is 0.179 e. The van der Waals surface area contributed by atoms with E-state index in [1.54, 1.807) is 0 Å². The quantitative estimate of drug-likeness (QED) is 0.744. The molecular formula is C16H22ClNO3. The molecule has 0 saturated carbocycles. The first kappa shape index (κ1) is 16.3. The minimum Gasteiger partial charge on any atom is -0.459 e. The van der Waals surface area contributed by atoms with Crippen molar-refractivity contribution in [1.82, 2.24) is 5.32 Å². The number of hydrogen-bond donors (Lipinski definition) is 1. The molecule has 1 aromatic heterocycles. The van der Waals surface area contributed by atoms with Crippen LogP contribution in [0.5, 0.6) is 0 Å². The van der Waals surface area contributed by atoms with E-state index in [0.29, 0.717) is 18.2 Å². The number of rotatable bonds is 8. The van der Waals surface area contributed by atoms with Gasteiger partial charge in [0.25, 0.3) is 0 Å². The number of ether oxygens (including phenoxy) is 2. The Morgan fingerprint density at radius 3 is 2.48 bits per heavy atom. The molecule has 0 aliphatic rings. The molecule has 21 heavy (non-hydrogen) atoms. The highest BCUT2D eigenvalue weighted by atomic mass is 35.5. The second-order valence-electron chi connectivity index (χ2n) is 4.65. The fourth-order valence-corrected chi connectivity index (χ4v) is 2.49. The molecule has 1 unspecified atom stereocenters. The highest BCUT2D eigenvalue weighted by molar-refractivity contribution is 6.31. The average Bonchev–Trinajstić information content (AvgIpc) is 2.87. The third kappa shape index (κ3) is 3.98. The number of nitrogens with one attached hydrogen (secondary N) is 1. The molecule has 0 radical (unpaired) electrons. The Morgan fingerprint density at radius 2 is 1.86 bits per heavy atom. The lowest BCUT2D eigenvalue weighted by Crippen LogP contribution is -2.35. The zero-order valence-corrected chi connectivity index (χ0v) is 13.4. The summed E-state index contributed by atoms with van der Waals surface area (Å²) in [6, 6.07) is 7.42. The first-order valence-electron chi connectivity index (χ1n) is 7.35. The van der Waals surface area contributed by atoms with Gasteiger partial charge in [0.2, 0.25) is 0 Å². The maximum absolute atomic E-state index is 6.02. The van der Waals surface area contributed by atoms with Crippen LogP contribution in [-0.4, -0.2) is 26.0 Å². The molecule has 2 aromatic rings. The molecule has 1 atom stereocenters. The Bertz CT molecular complexity index is 564. The molecule has 0 bridgehead atoms. The van der Waals surface area contributed by atoms with E-state index in [1.807, 2.05) is 45.0 Å². The molecule has 5 heteroatoms. The molecule has 2 rings (SSSR count). The van der Waals surface area contributed by atoms with Crippen LogP contribution >= 0.6 is 11.6 Å². The van der Waals surface area contributed by atoms with E-state index in [2.05, 4.69) is 5.32 Å². The summed E-state index contributed by atoms with van der Waals surface area (Å²) in [6.07, 6.45) is -0.379. The second kappa shape index (κ2) is 7.80. The Kier molecular flexibility index (Phi) is 6.06. The van der Waals surface area contributed by atoms with Crippen LogP contribution in [0.3, 0.4) is 0 Å². The Morgan fingerprint density at radius 1 is 1.14 bits per heavy atom. The van der Waals surface area contributed by atoms with Gasteiger partial charge in [0.05, 0.1) is 0 Å². The van der Waals surface area contributed by atoms with Crippen molar-refractivity contribution in [3.05, 3.63) is 35.0 Å². The Hall–Kier alpha value is -1.07. The first-order chi connectivity index (χ1) is 10.2. The van der Waals surface area contributed by atoms with Crippen LogP contribution in [0.4, 0.5) is 0 Å². The molecule has 0 amide bonds. The molecule has 116 valence electrons. The van der Waals surface area contributed by atoms with E-state index in [-0.39, 0.29) is 12.3 Å². The van der Waals surface area contributed by atoms with E-state index in [9.17, 15) is 0 Å². The van der Waals surface area contributed by atoms with Gasteiger partial charge in [-0.25, -0.2) is 0 Å². The number of furan rings is 1. The lowest BCUT2D eigenvalue weighted by molar-refractivity contribution is -0.157. The predicted molar refractivity (Wildman–Crippen MR) is 84.7 cm³/mol. The van der Waals surface area contributed by atoms with Gasteiger partial charge in [-0.1, -0.05) is 18.5 Å². The van der Waals surface area contributed by atoms with Gasteiger partial charge in [-0.05, 0) is 44.7 Å². The summed E-state index contributed by atoms with van der Waals surface area (Å²) in [5, 5.41) is 5.04. The van der Waals surface area contributed by atoms with Gasteiger partial charge in [-0.15, -0.1) is 0 Å². The van der Waals surface area contributed by atoms with Gasteiger partial charge in [0.15, 0.2) is 6.29 Å². The molecule has 0 saturated heterocycles. The van der Waals surface area contributed by atoms with Crippen LogP contribution in [0.2, 0.25) is 5.02 Å². The summed E-state index contributed by atoms with van der Waals surface area (Å²) in [5.41, 5.74) is 0.809. The summed E-state index contributed by atoms with van der Waals surface area (Å²) < 4.78 is 17.3. The monoisotopic (exact) mass is 311 g/mol. The lowest BCUT2D eigenvalue weighted by Gasteiger charge is -2.25. The van der Waals surface area contributed by atoms with Crippen LogP contribution < -0.4 is 5.32 Å². The lowest BCUT2D eigenvalue weighted by atomic mass is 10.2. The molecule has 0 aliphatic carbocycles. The van der Waals surface area contributed by atoms with E-state index in [0.717, 1.165) is 23.3 Å². The maximum atomic E-state index is 6.02. The Balaban J connectivity index is 2.33. The van der Waals surface area contributed by atoms with Crippen LogP contribution in [0.15, 0.2) is 28.7 Å². The van der Waals surface area contributed by atoms with Gasteiger partial charge >= 0.3 is 0 Å². The largest absolute Gasteiger partial charge is 0.459 e. The number of fused-ring (bicyclic) bond motifs is 1. The van der Waals surface area contributed by atoms with Crippen molar-refractivity contribution in [3.8, 4) is 0 Å². The molecule has 1 heterocycles. The summed E-state index contributed by atoms with van der Waals surface area (Å²) >= 11 is 6.02. The van der Waals surface area contributed by atoms with Gasteiger partial charge in [0.1, 0.15) is 17.4 Å². The average molecular weight is 312 g/mol. The molecule has 4 nitrogen and oxygen atoms in total. The van der Waals surface area contributed by atoms with Gasteiger partial charge < -0.3 is 19.2 Å². The first-order valence-corrected chi connectivity index (χ1v) is 7.72. The van der Waals surface area contributed by atoms with Crippen molar-refractivity contribution in [1.29, 1.82) is 0 Å². The highest BCUT2D eigenvalue weighted by Crippen LogP contribution is 2.29. The van der Waals surface area contributed by atoms with Crippen molar-refractivity contribution in [2.45, 2.75) is 33.1 Å². The van der Waals surface area contributed by atoms with Crippen molar-refractivity contribution >= 4 is 22.6 Å². The van der Waals surface area contributed by atoms with Crippen LogP contribution in [0.25, 0.3) is 11.0 Å². The van der Waals surface area contributed by atoms with E-state index in [4.69, 9.17) is 25.5 Å². The molecule has 0 fully saturated rings. The standard InChI is InChI=1S/C16H22ClNO3/c1-4-18-15(16(19-5-2)20-6-3)14-10-11-9-12(17)7-8-13(11)21-14/h7-10,15-16,18H,4-6H2,1-3H3. The van der Waals surface area contributed by atoms with E-state index < -0.39 is 0 Å². The number of likely N-dealkylation sites (N-methyl/N-ethyl adjacent to an activating group) is 1. The summed E-state index contributed by atoms with van der Waals surface area (Å²) in [5.74, 6) is 0.793. The SMILES string of the molecule is CCNC(c1cc2cc(Cl)ccc2o1)C(OCC)OCC. The Labute approximate surface area is 130 Å². The molecule has 0 aliphatic heterocycles. The minimum atomic E-state index is -0.379. The normalized spacial score (nSPS) is 13.2. The summed E-state index contributed by atoms with van der Waals surface area (Å²) in [7, 11) is 0. The highest BCUT2D eigenvalue weighted by Gasteiger charge is 2.26. The van der Waals surface area contributed by atoms with Crippen molar-refractivity contribution < 1.29 is 13.9 Å². The zero-order chi connectivity index (χ0) is 15.2. The third-order valence-electron chi connectivity index (χ3n) is 3.16. The van der Waals surface area contributed by atoms with Gasteiger partial charge in [0, 0.05) is 23.6 Å². The van der Waals surface area contributed by atoms with Gasteiger partial charge in [-0.3, -0.25) is 0 Å². The molecule has 0 spiro atoms. The zero-order valence-electron chi connectivity index (χ0n) is 12.7. The molecular weight excluding hydrogens is 290 g/mol.